The molecule has 4 aliphatic heterocycles. The number of aliphatic hydroxyl groups excluding tert-OH is 1. The minimum Gasteiger partial charge on any atom is -0.413 e. The molecule has 10 rings (SSSR count). The van der Waals surface area contributed by atoms with Crippen LogP contribution in [-0.2, 0) is 18.7 Å². The molecule has 7 nitrogen and oxygen atoms in total. The Morgan fingerprint density at radius 2 is 1.57 bits per heavy atom. The van der Waals surface area contributed by atoms with E-state index < -0.39 is 8.32 Å². The molecule has 4 heterocycles. The van der Waals surface area contributed by atoms with E-state index in [4.69, 9.17) is 13.9 Å². The van der Waals surface area contributed by atoms with E-state index in [1.807, 2.05) is 14.1 Å². The highest BCUT2D eigenvalue weighted by molar-refractivity contribution is 6.74. The van der Waals surface area contributed by atoms with Crippen LogP contribution in [0.3, 0.4) is 0 Å². The van der Waals surface area contributed by atoms with Gasteiger partial charge in [-0.1, -0.05) is 65.0 Å². The van der Waals surface area contributed by atoms with Gasteiger partial charge in [0.25, 0.3) is 0 Å². The Morgan fingerprint density at radius 3 is 2.30 bits per heavy atom. The molecule has 56 heavy (non-hydrogen) atoms. The summed E-state index contributed by atoms with van der Waals surface area (Å²) in [4.78, 5) is 12.6. The van der Waals surface area contributed by atoms with Gasteiger partial charge in [0.15, 0.2) is 8.32 Å². The molecule has 5 fully saturated rings. The third-order valence-corrected chi connectivity index (χ3v) is 22.6. The number of Topliss-reactive ketones (excluding diaryl/α,β-unsaturated/α-hetero) is 1. The van der Waals surface area contributed by atoms with Gasteiger partial charge < -0.3 is 29.6 Å². The number of hydrogen-bond acceptors (Lipinski definition) is 7. The van der Waals surface area contributed by atoms with Gasteiger partial charge in [0.05, 0.1) is 34.6 Å². The first kappa shape index (κ1) is 39.8. The normalized spacial score (nSPS) is 46.9. The van der Waals surface area contributed by atoms with E-state index in [0.29, 0.717) is 29.6 Å². The third kappa shape index (κ3) is 5.57. The molecule has 3 saturated carbocycles. The van der Waals surface area contributed by atoms with Gasteiger partial charge in [0, 0.05) is 36.8 Å². The largest absolute Gasteiger partial charge is 0.413 e. The summed E-state index contributed by atoms with van der Waals surface area (Å²) in [7, 11) is 2.18. The molecule has 4 bridgehead atoms. The molecular formula is C48H72N2O5Si. The van der Waals surface area contributed by atoms with Crippen LogP contribution in [-0.4, -0.2) is 81.0 Å². The topological polar surface area (TPSA) is 89.1 Å². The Morgan fingerprint density at radius 1 is 0.857 bits per heavy atom. The van der Waals surface area contributed by atoms with Crippen molar-refractivity contribution < 1.29 is 23.8 Å². The summed E-state index contributed by atoms with van der Waals surface area (Å²) in [5.41, 5.74) is 4.87. The van der Waals surface area contributed by atoms with Crippen LogP contribution in [0.25, 0.3) is 0 Å². The first-order valence-electron chi connectivity index (χ1n) is 22.5. The fourth-order valence-corrected chi connectivity index (χ4v) is 15.5. The molecule has 0 aromatic carbocycles. The number of allylic oxidation sites excluding steroid dienone is 1. The summed E-state index contributed by atoms with van der Waals surface area (Å²) in [6.07, 6.45) is 27.6. The number of rotatable bonds is 6. The van der Waals surface area contributed by atoms with Crippen molar-refractivity contribution in [1.82, 2.24) is 10.6 Å². The van der Waals surface area contributed by atoms with Crippen LogP contribution in [0.5, 0.6) is 0 Å². The third-order valence-electron chi connectivity index (χ3n) is 18.1. The van der Waals surface area contributed by atoms with Gasteiger partial charge in [-0.3, -0.25) is 4.79 Å². The van der Waals surface area contributed by atoms with Crippen LogP contribution >= 0.6 is 0 Å². The van der Waals surface area contributed by atoms with E-state index in [0.717, 1.165) is 77.3 Å². The summed E-state index contributed by atoms with van der Waals surface area (Å²) >= 11 is 0. The summed E-state index contributed by atoms with van der Waals surface area (Å²) in [5.74, 6) is 2.12. The number of fused-ring (bicyclic) bond motifs is 2. The second-order valence-corrected chi connectivity index (χ2v) is 26.8. The molecule has 0 aromatic heterocycles. The zero-order valence-electron chi connectivity index (χ0n) is 36.1. The zero-order chi connectivity index (χ0) is 39.7. The van der Waals surface area contributed by atoms with Crippen molar-refractivity contribution in [1.29, 1.82) is 0 Å². The van der Waals surface area contributed by atoms with Crippen molar-refractivity contribution in [3.8, 4) is 0 Å². The fraction of sp³-hybridized carbons (Fsp3) is 0.771. The lowest BCUT2D eigenvalue weighted by Gasteiger charge is -2.56. The van der Waals surface area contributed by atoms with Crippen molar-refractivity contribution in [3.63, 3.8) is 0 Å². The van der Waals surface area contributed by atoms with Crippen molar-refractivity contribution in [3.05, 3.63) is 58.7 Å². The monoisotopic (exact) mass is 785 g/mol. The summed E-state index contributed by atoms with van der Waals surface area (Å²) in [6, 6.07) is 0. The molecule has 3 N–H and O–H groups in total. The number of aliphatic hydroxyl groups is 1. The molecule has 4 spiro atoms. The second kappa shape index (κ2) is 13.2. The van der Waals surface area contributed by atoms with Crippen molar-refractivity contribution >= 4 is 14.1 Å². The fourth-order valence-electron chi connectivity index (χ4n) is 14.0. The maximum Gasteiger partial charge on any atom is 0.192 e. The molecule has 0 unspecified atom stereocenters. The van der Waals surface area contributed by atoms with Crippen LogP contribution in [0.15, 0.2) is 58.7 Å². The summed E-state index contributed by atoms with van der Waals surface area (Å²) < 4.78 is 21.4. The predicted molar refractivity (Wildman–Crippen MR) is 226 cm³/mol. The second-order valence-electron chi connectivity index (χ2n) is 22.1. The standard InChI is InChI=1S/C27H45NO3Si.C21H27NO2/c1-24(2,3)32(6,7)30-23-9-8-22-25(23,4)11-10-19-14-20-15-21(29)18(17-28-5)16-26(20)12-13-27(19,22)31-26;1-19-8-7-16-11-15-4-3-14(13-22-2)12-20(15)9-10-21(16,24-20)17(19)5-6-18(19)23/h14-15,18,21-23,28-29H,8-13,16-17H2,1-7H3;3-4,7,11,14,17,22H,5-6,8-10,12-13H2,1-2H3/t18-,21+,22-,23+,25+,26-,27-;14-,17-,19+,20-,21-/m11/s1. The van der Waals surface area contributed by atoms with Crippen molar-refractivity contribution in [2.75, 3.05) is 27.2 Å². The molecule has 0 aromatic rings. The predicted octanol–water partition coefficient (Wildman–Crippen LogP) is 8.67. The van der Waals surface area contributed by atoms with Crippen LogP contribution < -0.4 is 10.6 Å². The smallest absolute Gasteiger partial charge is 0.192 e. The Kier molecular flexibility index (Phi) is 9.36. The van der Waals surface area contributed by atoms with Gasteiger partial charge in [-0.15, -0.1) is 0 Å². The van der Waals surface area contributed by atoms with Crippen LogP contribution in [0.1, 0.15) is 118 Å². The average molecular weight is 785 g/mol. The Balaban J connectivity index is 0.000000152. The number of carbonyl (C=O) groups excluding carboxylic acids is 1. The van der Waals surface area contributed by atoms with E-state index in [1.54, 1.807) is 0 Å². The molecule has 2 saturated heterocycles. The molecule has 12 atom stereocenters. The zero-order valence-corrected chi connectivity index (χ0v) is 37.1. The summed E-state index contributed by atoms with van der Waals surface area (Å²) in [5, 5.41) is 17.6. The molecule has 0 amide bonds. The number of ether oxygens (including phenoxy) is 2. The Labute approximate surface area is 338 Å². The average Bonchev–Trinajstić information content (AvgIpc) is 3.84. The first-order chi connectivity index (χ1) is 26.4. The maximum atomic E-state index is 12.6. The molecule has 0 radical (unpaired) electrons. The van der Waals surface area contributed by atoms with Crippen LogP contribution in [0.4, 0.5) is 0 Å². The Bertz CT molecular complexity index is 1810. The first-order valence-corrected chi connectivity index (χ1v) is 25.4. The molecule has 308 valence electrons. The van der Waals surface area contributed by atoms with Gasteiger partial charge in [-0.2, -0.15) is 0 Å². The minimum absolute atomic E-state index is 0.109. The molecule has 6 aliphatic carbocycles. The van der Waals surface area contributed by atoms with Gasteiger partial charge >= 0.3 is 0 Å². The molecule has 10 aliphatic rings. The van der Waals surface area contributed by atoms with E-state index in [-0.39, 0.29) is 50.3 Å². The summed E-state index contributed by atoms with van der Waals surface area (Å²) in [6.45, 7) is 18.4. The number of ketones is 1. The van der Waals surface area contributed by atoms with E-state index in [9.17, 15) is 9.90 Å². The lowest BCUT2D eigenvalue weighted by Crippen LogP contribution is -2.57. The van der Waals surface area contributed by atoms with Gasteiger partial charge in [0.2, 0.25) is 0 Å². The minimum atomic E-state index is -1.82. The highest BCUT2D eigenvalue weighted by Crippen LogP contribution is 2.69. The van der Waals surface area contributed by atoms with E-state index in [1.165, 1.54) is 41.6 Å². The highest BCUT2D eigenvalue weighted by Gasteiger charge is 2.69. The SMILES string of the molecule is CNC[C@@H]1C=CC2=CC3=CC[C@]4(C)C(=O)CC[C@H]4[C@@]34CC[C@]2(C1)O4.CNC[C@H]1C[C@@]23CC[C@@]4(O2)C(=CC3=C[C@@H]1O)CC[C@]1(C)[C@@H](O[Si](C)(C)C(C)(C)C)CC[C@H]14. The van der Waals surface area contributed by atoms with Crippen LogP contribution in [0, 0.1) is 34.5 Å². The number of nitrogens with one attached hydrogen (secondary N) is 2. The molecular weight excluding hydrogens is 713 g/mol. The quantitative estimate of drug-likeness (QED) is 0.233. The molecule has 8 heteroatoms. The van der Waals surface area contributed by atoms with Gasteiger partial charge in [-0.05, 0) is 155 Å². The lowest BCUT2D eigenvalue weighted by atomic mass is 9.58. The van der Waals surface area contributed by atoms with Gasteiger partial charge in [0.1, 0.15) is 5.78 Å². The number of hydrogen-bond donors (Lipinski definition) is 3. The Hall–Kier alpha value is -1.65. The maximum absolute atomic E-state index is 12.6. The van der Waals surface area contributed by atoms with E-state index in [2.05, 4.69) is 94.8 Å². The van der Waals surface area contributed by atoms with Gasteiger partial charge in [-0.25, -0.2) is 0 Å². The number of carbonyl (C=O) groups is 1. The van der Waals surface area contributed by atoms with Crippen molar-refractivity contribution in [2.24, 2.45) is 34.5 Å². The lowest BCUT2D eigenvalue weighted by molar-refractivity contribution is -0.155. The van der Waals surface area contributed by atoms with E-state index >= 15 is 0 Å². The van der Waals surface area contributed by atoms with Crippen LogP contribution in [0.2, 0.25) is 18.1 Å². The van der Waals surface area contributed by atoms with Crippen molar-refractivity contribution in [2.45, 2.75) is 171 Å². The highest BCUT2D eigenvalue weighted by atomic mass is 28.4.